The van der Waals surface area contributed by atoms with Crippen LogP contribution in [0.2, 0.25) is 0 Å². The molecule has 1 amide bonds. The van der Waals surface area contributed by atoms with E-state index in [1.165, 1.54) is 13.5 Å². The molecule has 1 saturated carbocycles. The summed E-state index contributed by atoms with van der Waals surface area (Å²) in [6.07, 6.45) is 5.49. The molecule has 1 heterocycles. The number of benzene rings is 1. The lowest BCUT2D eigenvalue weighted by Crippen LogP contribution is -2.44. The number of hydrogen-bond acceptors (Lipinski definition) is 4. The molecule has 1 aromatic carbocycles. The van der Waals surface area contributed by atoms with Gasteiger partial charge in [0.25, 0.3) is 5.91 Å². The van der Waals surface area contributed by atoms with Gasteiger partial charge in [0.05, 0.1) is 18.7 Å². The first kappa shape index (κ1) is 17.5. The van der Waals surface area contributed by atoms with Gasteiger partial charge in [0.1, 0.15) is 5.70 Å². The smallest absolute Gasteiger partial charge is 0.338 e. The number of esters is 1. The highest BCUT2D eigenvalue weighted by atomic mass is 16.5. The maximum atomic E-state index is 13.1. The molecule has 0 spiro atoms. The highest BCUT2D eigenvalue weighted by Gasteiger charge is 2.43. The van der Waals surface area contributed by atoms with Crippen molar-refractivity contribution in [1.82, 2.24) is 4.90 Å². The summed E-state index contributed by atoms with van der Waals surface area (Å²) in [5.74, 6) is -0.533. The Labute approximate surface area is 149 Å². The van der Waals surface area contributed by atoms with E-state index >= 15 is 0 Å². The second-order valence-corrected chi connectivity index (χ2v) is 6.95. The SMILES string of the molecule is COC(=O)C1=C(Nc2ccc(C)cc2)C(=O)N(C2CCCCC2)C1C. The zero-order valence-electron chi connectivity index (χ0n) is 15.2. The van der Waals surface area contributed by atoms with E-state index in [2.05, 4.69) is 5.32 Å². The minimum Gasteiger partial charge on any atom is -0.466 e. The maximum absolute atomic E-state index is 13.1. The maximum Gasteiger partial charge on any atom is 0.338 e. The van der Waals surface area contributed by atoms with E-state index < -0.39 is 5.97 Å². The first-order valence-corrected chi connectivity index (χ1v) is 9.01. The Hall–Kier alpha value is -2.30. The molecule has 1 N–H and O–H groups in total. The summed E-state index contributed by atoms with van der Waals surface area (Å²) in [5.41, 5.74) is 2.73. The Balaban J connectivity index is 1.92. The number of methoxy groups -OCH3 is 1. The highest BCUT2D eigenvalue weighted by molar-refractivity contribution is 6.09. The van der Waals surface area contributed by atoms with E-state index in [1.54, 1.807) is 0 Å². The van der Waals surface area contributed by atoms with Crippen LogP contribution in [0.15, 0.2) is 35.5 Å². The Bertz CT molecular complexity index is 687. The van der Waals surface area contributed by atoms with Gasteiger partial charge in [0.2, 0.25) is 0 Å². The number of carbonyl (C=O) groups is 2. The van der Waals surface area contributed by atoms with Crippen LogP contribution in [0.1, 0.15) is 44.6 Å². The van der Waals surface area contributed by atoms with Gasteiger partial charge in [-0.3, -0.25) is 4.79 Å². The van der Waals surface area contributed by atoms with Crippen molar-refractivity contribution in [3.05, 3.63) is 41.1 Å². The van der Waals surface area contributed by atoms with E-state index in [-0.39, 0.29) is 18.0 Å². The first-order valence-electron chi connectivity index (χ1n) is 9.01. The van der Waals surface area contributed by atoms with E-state index in [0.717, 1.165) is 36.9 Å². The Kier molecular flexibility index (Phi) is 5.11. The molecule has 134 valence electrons. The number of hydrogen-bond donors (Lipinski definition) is 1. The van der Waals surface area contributed by atoms with Crippen LogP contribution >= 0.6 is 0 Å². The number of ether oxygens (including phenoxy) is 1. The van der Waals surface area contributed by atoms with Gasteiger partial charge in [-0.25, -0.2) is 4.79 Å². The Morgan fingerprint density at radius 3 is 2.40 bits per heavy atom. The average molecular weight is 342 g/mol. The standard InChI is InChI=1S/C20H26N2O3/c1-13-9-11-15(12-10-13)21-18-17(20(24)25-3)14(2)22(19(18)23)16-7-5-4-6-8-16/h9-12,14,16,21H,4-8H2,1-3H3. The second kappa shape index (κ2) is 7.30. The molecule has 1 unspecified atom stereocenters. The molecule has 2 aliphatic rings. The van der Waals surface area contributed by atoms with Crippen LogP contribution in [-0.4, -0.2) is 36.0 Å². The third kappa shape index (κ3) is 3.41. The monoisotopic (exact) mass is 342 g/mol. The fraction of sp³-hybridized carbons (Fsp3) is 0.500. The van der Waals surface area contributed by atoms with Crippen molar-refractivity contribution >= 4 is 17.6 Å². The van der Waals surface area contributed by atoms with Crippen LogP contribution in [0.5, 0.6) is 0 Å². The molecule has 0 bridgehead atoms. The van der Waals surface area contributed by atoms with Crippen LogP contribution in [0.25, 0.3) is 0 Å². The molecule has 0 radical (unpaired) electrons. The minimum absolute atomic E-state index is 0.0969. The van der Waals surface area contributed by atoms with Gasteiger partial charge < -0.3 is 15.0 Å². The molecular formula is C20H26N2O3. The van der Waals surface area contributed by atoms with Gasteiger partial charge in [-0.15, -0.1) is 0 Å². The van der Waals surface area contributed by atoms with Crippen LogP contribution in [0, 0.1) is 6.92 Å². The zero-order chi connectivity index (χ0) is 18.0. The normalized spacial score (nSPS) is 21.6. The molecule has 5 heteroatoms. The van der Waals surface area contributed by atoms with E-state index in [9.17, 15) is 9.59 Å². The lowest BCUT2D eigenvalue weighted by molar-refractivity contribution is -0.136. The van der Waals surface area contributed by atoms with Crippen molar-refractivity contribution in [2.45, 2.75) is 58.0 Å². The van der Waals surface area contributed by atoms with Gasteiger partial charge in [0.15, 0.2) is 0 Å². The molecule has 25 heavy (non-hydrogen) atoms. The predicted octanol–water partition coefficient (Wildman–Crippen LogP) is 3.40. The summed E-state index contributed by atoms with van der Waals surface area (Å²) < 4.78 is 4.96. The van der Waals surface area contributed by atoms with Crippen LogP contribution < -0.4 is 5.32 Å². The first-order chi connectivity index (χ1) is 12.0. The molecule has 5 nitrogen and oxygen atoms in total. The third-order valence-electron chi connectivity index (χ3n) is 5.25. The highest BCUT2D eigenvalue weighted by Crippen LogP contribution is 2.34. The van der Waals surface area contributed by atoms with Crippen molar-refractivity contribution in [3.8, 4) is 0 Å². The average Bonchev–Trinajstić information content (AvgIpc) is 2.87. The number of rotatable bonds is 4. The summed E-state index contributed by atoms with van der Waals surface area (Å²) in [6, 6.07) is 7.71. The fourth-order valence-corrected chi connectivity index (χ4v) is 3.89. The molecule has 0 aromatic heterocycles. The summed E-state index contributed by atoms with van der Waals surface area (Å²) in [5, 5.41) is 3.17. The Morgan fingerprint density at radius 2 is 1.80 bits per heavy atom. The predicted molar refractivity (Wildman–Crippen MR) is 97.0 cm³/mol. The van der Waals surface area contributed by atoms with Crippen LogP contribution in [0.3, 0.4) is 0 Å². The van der Waals surface area contributed by atoms with Crippen molar-refractivity contribution in [2.75, 3.05) is 12.4 Å². The number of amides is 1. The molecule has 3 rings (SSSR count). The second-order valence-electron chi connectivity index (χ2n) is 6.95. The van der Waals surface area contributed by atoms with Gasteiger partial charge in [-0.2, -0.15) is 0 Å². The summed E-state index contributed by atoms with van der Waals surface area (Å²) in [4.78, 5) is 27.3. The van der Waals surface area contributed by atoms with Crippen molar-refractivity contribution in [3.63, 3.8) is 0 Å². The van der Waals surface area contributed by atoms with Gasteiger partial charge >= 0.3 is 5.97 Å². The van der Waals surface area contributed by atoms with Gasteiger partial charge in [0, 0.05) is 11.7 Å². The number of nitrogens with one attached hydrogen (secondary N) is 1. The van der Waals surface area contributed by atoms with Crippen LogP contribution in [0.4, 0.5) is 5.69 Å². The summed E-state index contributed by atoms with van der Waals surface area (Å²) in [6.45, 7) is 3.93. The van der Waals surface area contributed by atoms with Gasteiger partial charge in [-0.1, -0.05) is 37.0 Å². The largest absolute Gasteiger partial charge is 0.466 e. The minimum atomic E-state index is -0.436. The molecule has 1 aromatic rings. The lowest BCUT2D eigenvalue weighted by atomic mass is 9.93. The van der Waals surface area contributed by atoms with Crippen molar-refractivity contribution in [1.29, 1.82) is 0 Å². The molecular weight excluding hydrogens is 316 g/mol. The molecule has 1 atom stereocenters. The van der Waals surface area contributed by atoms with Crippen LogP contribution in [-0.2, 0) is 14.3 Å². The zero-order valence-corrected chi connectivity index (χ0v) is 15.2. The third-order valence-corrected chi connectivity index (χ3v) is 5.25. The fourth-order valence-electron chi connectivity index (χ4n) is 3.89. The molecule has 1 fully saturated rings. The number of carbonyl (C=O) groups excluding carboxylic acids is 2. The lowest BCUT2D eigenvalue weighted by Gasteiger charge is -2.35. The summed E-state index contributed by atoms with van der Waals surface area (Å²) in [7, 11) is 1.36. The topological polar surface area (TPSA) is 58.6 Å². The number of aryl methyl sites for hydroxylation is 1. The van der Waals surface area contributed by atoms with Gasteiger partial charge in [-0.05, 0) is 38.8 Å². The number of nitrogens with zero attached hydrogens (tertiary/aromatic N) is 1. The van der Waals surface area contributed by atoms with E-state index in [4.69, 9.17) is 4.74 Å². The van der Waals surface area contributed by atoms with Crippen molar-refractivity contribution in [2.24, 2.45) is 0 Å². The van der Waals surface area contributed by atoms with E-state index in [0.29, 0.717) is 11.3 Å². The van der Waals surface area contributed by atoms with E-state index in [1.807, 2.05) is 43.0 Å². The molecule has 0 saturated heterocycles. The Morgan fingerprint density at radius 1 is 1.16 bits per heavy atom. The summed E-state index contributed by atoms with van der Waals surface area (Å²) >= 11 is 0. The molecule has 1 aliphatic carbocycles. The molecule has 1 aliphatic heterocycles. The number of anilines is 1. The quantitative estimate of drug-likeness (QED) is 0.852. The van der Waals surface area contributed by atoms with Crippen molar-refractivity contribution < 1.29 is 14.3 Å².